The predicted octanol–water partition coefficient (Wildman–Crippen LogP) is 2.89. The number of benzene rings is 2. The van der Waals surface area contributed by atoms with Crippen molar-refractivity contribution in [1.29, 1.82) is 5.26 Å². The van der Waals surface area contributed by atoms with Gasteiger partial charge in [0.05, 0.1) is 23.0 Å². The number of nitrogens with two attached hydrogens (primary N) is 1. The number of hydrogen-bond acceptors (Lipinski definition) is 3. The van der Waals surface area contributed by atoms with Crippen LogP contribution in [0.15, 0.2) is 42.5 Å². The highest BCUT2D eigenvalue weighted by Gasteiger charge is 2.01. The second-order valence-corrected chi connectivity index (χ2v) is 3.89. The van der Waals surface area contributed by atoms with Crippen molar-refractivity contribution in [3.63, 3.8) is 0 Å². The summed E-state index contributed by atoms with van der Waals surface area (Å²) in [5.74, 6) is -0.327. The van der Waals surface area contributed by atoms with E-state index in [0.717, 1.165) is 5.56 Å². The number of nitrogens with zero attached hydrogens (tertiary/aromatic N) is 1. The van der Waals surface area contributed by atoms with Gasteiger partial charge in [-0.25, -0.2) is 4.39 Å². The topological polar surface area (TPSA) is 61.8 Å². The van der Waals surface area contributed by atoms with Gasteiger partial charge in [0.15, 0.2) is 0 Å². The third kappa shape index (κ3) is 2.77. The Morgan fingerprint density at radius 2 is 1.89 bits per heavy atom. The molecule has 0 aromatic heterocycles. The zero-order chi connectivity index (χ0) is 13.0. The van der Waals surface area contributed by atoms with Crippen LogP contribution in [0.25, 0.3) is 0 Å². The average Bonchev–Trinajstić information content (AvgIpc) is 2.40. The van der Waals surface area contributed by atoms with E-state index in [1.807, 2.05) is 12.1 Å². The monoisotopic (exact) mass is 241 g/mol. The van der Waals surface area contributed by atoms with E-state index < -0.39 is 0 Å². The number of rotatable bonds is 3. The molecule has 2 rings (SSSR count). The van der Waals surface area contributed by atoms with E-state index in [-0.39, 0.29) is 5.82 Å². The van der Waals surface area contributed by atoms with Crippen molar-refractivity contribution < 1.29 is 4.39 Å². The molecule has 0 bridgehead atoms. The molecule has 2 aromatic rings. The molecule has 0 unspecified atom stereocenters. The van der Waals surface area contributed by atoms with Gasteiger partial charge in [-0.15, -0.1) is 0 Å². The molecule has 90 valence electrons. The first-order chi connectivity index (χ1) is 8.69. The van der Waals surface area contributed by atoms with Gasteiger partial charge in [-0.1, -0.05) is 12.1 Å². The van der Waals surface area contributed by atoms with E-state index >= 15 is 0 Å². The van der Waals surface area contributed by atoms with E-state index in [9.17, 15) is 4.39 Å². The van der Waals surface area contributed by atoms with Crippen LogP contribution in [0.3, 0.4) is 0 Å². The molecule has 0 aliphatic rings. The van der Waals surface area contributed by atoms with Crippen LogP contribution < -0.4 is 11.1 Å². The van der Waals surface area contributed by atoms with Crippen LogP contribution >= 0.6 is 0 Å². The minimum absolute atomic E-state index is 0.327. The number of nitriles is 1. The number of halogens is 1. The fourth-order valence-electron chi connectivity index (χ4n) is 1.58. The predicted molar refractivity (Wildman–Crippen MR) is 69.3 cm³/mol. The number of hydrogen-bond donors (Lipinski definition) is 2. The third-order valence-corrected chi connectivity index (χ3v) is 2.58. The molecule has 0 amide bonds. The van der Waals surface area contributed by atoms with E-state index in [1.54, 1.807) is 12.1 Å². The van der Waals surface area contributed by atoms with Crippen molar-refractivity contribution in [2.24, 2.45) is 0 Å². The Labute approximate surface area is 105 Å². The molecule has 0 aliphatic carbocycles. The molecule has 18 heavy (non-hydrogen) atoms. The van der Waals surface area contributed by atoms with Crippen LogP contribution in [0.5, 0.6) is 0 Å². The van der Waals surface area contributed by atoms with Gasteiger partial charge in [0.1, 0.15) is 5.82 Å². The van der Waals surface area contributed by atoms with Gasteiger partial charge in [0.2, 0.25) is 0 Å². The Hall–Kier alpha value is -2.54. The highest BCUT2D eigenvalue weighted by molar-refractivity contribution is 5.65. The molecule has 2 aromatic carbocycles. The Morgan fingerprint density at radius 1 is 1.17 bits per heavy atom. The molecule has 0 spiro atoms. The Bertz CT molecular complexity index is 585. The van der Waals surface area contributed by atoms with Crippen molar-refractivity contribution in [3.05, 3.63) is 59.4 Å². The lowest BCUT2D eigenvalue weighted by Crippen LogP contribution is -2.02. The van der Waals surface area contributed by atoms with Gasteiger partial charge in [0, 0.05) is 6.54 Å². The SMILES string of the molecule is N#Cc1ccc(CNc2cc(F)ccc2N)cc1. The number of anilines is 2. The van der Waals surface area contributed by atoms with E-state index in [0.29, 0.717) is 23.5 Å². The Morgan fingerprint density at radius 3 is 2.56 bits per heavy atom. The van der Waals surface area contributed by atoms with E-state index in [4.69, 9.17) is 11.0 Å². The highest BCUT2D eigenvalue weighted by Crippen LogP contribution is 2.20. The zero-order valence-electron chi connectivity index (χ0n) is 9.65. The molecule has 0 radical (unpaired) electrons. The van der Waals surface area contributed by atoms with Gasteiger partial charge < -0.3 is 11.1 Å². The lowest BCUT2D eigenvalue weighted by atomic mass is 10.1. The smallest absolute Gasteiger partial charge is 0.125 e. The molecule has 0 heterocycles. The van der Waals surface area contributed by atoms with Crippen LogP contribution in [-0.2, 0) is 6.54 Å². The van der Waals surface area contributed by atoms with Crippen molar-refractivity contribution >= 4 is 11.4 Å². The second kappa shape index (κ2) is 5.19. The molecule has 3 nitrogen and oxygen atoms in total. The number of nitrogen functional groups attached to an aromatic ring is 1. The van der Waals surface area contributed by atoms with Crippen molar-refractivity contribution in [3.8, 4) is 6.07 Å². The van der Waals surface area contributed by atoms with Crippen LogP contribution in [0.1, 0.15) is 11.1 Å². The first kappa shape index (κ1) is 11.9. The lowest BCUT2D eigenvalue weighted by Gasteiger charge is -2.09. The maximum atomic E-state index is 13.0. The maximum Gasteiger partial charge on any atom is 0.125 e. The summed E-state index contributed by atoms with van der Waals surface area (Å²) in [6.45, 7) is 0.527. The molecule has 0 aliphatic heterocycles. The quantitative estimate of drug-likeness (QED) is 0.812. The summed E-state index contributed by atoms with van der Waals surface area (Å²) in [6, 6.07) is 13.4. The van der Waals surface area contributed by atoms with Crippen LogP contribution in [0.4, 0.5) is 15.8 Å². The molecule has 0 saturated carbocycles. The standard InChI is InChI=1S/C14H12FN3/c15-12-5-6-13(17)14(7-12)18-9-11-3-1-10(8-16)2-4-11/h1-7,18H,9,17H2. The summed E-state index contributed by atoms with van der Waals surface area (Å²) in [6.07, 6.45) is 0. The minimum atomic E-state index is -0.327. The normalized spacial score (nSPS) is 9.78. The molecule has 0 atom stereocenters. The lowest BCUT2D eigenvalue weighted by molar-refractivity contribution is 0.628. The van der Waals surface area contributed by atoms with Gasteiger partial charge in [-0.3, -0.25) is 0 Å². The second-order valence-electron chi connectivity index (χ2n) is 3.89. The molecular formula is C14H12FN3. The fraction of sp³-hybridized carbons (Fsp3) is 0.0714. The van der Waals surface area contributed by atoms with Crippen LogP contribution in [0, 0.1) is 17.1 Å². The third-order valence-electron chi connectivity index (χ3n) is 2.58. The summed E-state index contributed by atoms with van der Waals surface area (Å²) in [5, 5.41) is 11.7. The van der Waals surface area contributed by atoms with Gasteiger partial charge in [-0.05, 0) is 35.9 Å². The maximum absolute atomic E-state index is 13.0. The zero-order valence-corrected chi connectivity index (χ0v) is 9.65. The van der Waals surface area contributed by atoms with E-state index in [1.165, 1.54) is 18.2 Å². The average molecular weight is 241 g/mol. The van der Waals surface area contributed by atoms with Gasteiger partial charge in [-0.2, -0.15) is 5.26 Å². The molecule has 3 N–H and O–H groups in total. The Balaban J connectivity index is 2.07. The van der Waals surface area contributed by atoms with E-state index in [2.05, 4.69) is 11.4 Å². The van der Waals surface area contributed by atoms with Gasteiger partial charge >= 0.3 is 0 Å². The molecule has 0 fully saturated rings. The molecular weight excluding hydrogens is 229 g/mol. The summed E-state index contributed by atoms with van der Waals surface area (Å²) in [4.78, 5) is 0. The minimum Gasteiger partial charge on any atom is -0.397 e. The number of nitrogens with one attached hydrogen (secondary N) is 1. The van der Waals surface area contributed by atoms with Crippen molar-refractivity contribution in [1.82, 2.24) is 0 Å². The van der Waals surface area contributed by atoms with Crippen molar-refractivity contribution in [2.75, 3.05) is 11.1 Å². The summed E-state index contributed by atoms with van der Waals surface area (Å²) in [5.41, 5.74) is 8.41. The van der Waals surface area contributed by atoms with Crippen molar-refractivity contribution in [2.45, 2.75) is 6.54 Å². The molecule has 4 heteroatoms. The largest absolute Gasteiger partial charge is 0.397 e. The fourth-order valence-corrected chi connectivity index (χ4v) is 1.58. The Kier molecular flexibility index (Phi) is 3.44. The first-order valence-corrected chi connectivity index (χ1v) is 5.47. The van der Waals surface area contributed by atoms with Gasteiger partial charge in [0.25, 0.3) is 0 Å². The highest BCUT2D eigenvalue weighted by atomic mass is 19.1. The van der Waals surface area contributed by atoms with Crippen LogP contribution in [-0.4, -0.2) is 0 Å². The van der Waals surface area contributed by atoms with Crippen LogP contribution in [0.2, 0.25) is 0 Å². The first-order valence-electron chi connectivity index (χ1n) is 5.47. The summed E-state index contributed by atoms with van der Waals surface area (Å²) in [7, 11) is 0. The summed E-state index contributed by atoms with van der Waals surface area (Å²) >= 11 is 0. The molecule has 0 saturated heterocycles. The summed E-state index contributed by atoms with van der Waals surface area (Å²) < 4.78 is 13.0.